The molecule has 0 aliphatic heterocycles. The molecule has 0 unspecified atom stereocenters. The maximum Gasteiger partial charge on any atom is 0.227 e. The number of pyridine rings is 1. The third-order valence-electron chi connectivity index (χ3n) is 3.19. The van der Waals surface area contributed by atoms with Crippen LogP contribution >= 0.6 is 0 Å². The van der Waals surface area contributed by atoms with Crippen molar-refractivity contribution in [1.82, 2.24) is 10.3 Å². The molecular weight excluding hydrogens is 218 g/mol. The van der Waals surface area contributed by atoms with E-state index in [1.807, 2.05) is 12.1 Å². The number of amides is 1. The molecule has 1 aromatic heterocycles. The number of nitrogens with one attached hydrogen (secondary N) is 1. The summed E-state index contributed by atoms with van der Waals surface area (Å²) in [6.07, 6.45) is 3.46. The Hall–Kier alpha value is -1.62. The number of aromatic nitrogens is 1. The molecule has 5 nitrogen and oxygen atoms in total. The monoisotopic (exact) mass is 235 g/mol. The zero-order valence-electron chi connectivity index (χ0n) is 9.90. The van der Waals surface area contributed by atoms with Gasteiger partial charge in [-0.3, -0.25) is 4.79 Å². The number of methoxy groups -OCH3 is 1. The van der Waals surface area contributed by atoms with Gasteiger partial charge in [-0.1, -0.05) is 0 Å². The lowest BCUT2D eigenvalue weighted by atomic mass is 10.1. The van der Waals surface area contributed by atoms with Gasteiger partial charge in [0.15, 0.2) is 0 Å². The molecule has 0 radical (unpaired) electrons. The van der Waals surface area contributed by atoms with Crippen molar-refractivity contribution in [3.8, 4) is 5.88 Å². The molecular formula is C12H17N3O2. The SMILES string of the molecule is COc1cc(CNC(=O)C2(CN)CC2)ccn1. The predicted octanol–water partition coefficient (Wildman–Crippen LogP) is 0.445. The van der Waals surface area contributed by atoms with Gasteiger partial charge in [0.05, 0.1) is 12.5 Å². The van der Waals surface area contributed by atoms with Crippen LogP contribution in [-0.2, 0) is 11.3 Å². The summed E-state index contributed by atoms with van der Waals surface area (Å²) < 4.78 is 5.02. The molecule has 0 atom stereocenters. The van der Waals surface area contributed by atoms with E-state index in [9.17, 15) is 4.79 Å². The van der Waals surface area contributed by atoms with E-state index >= 15 is 0 Å². The Labute approximate surface area is 100 Å². The van der Waals surface area contributed by atoms with Crippen LogP contribution in [0.5, 0.6) is 5.88 Å². The summed E-state index contributed by atoms with van der Waals surface area (Å²) in [4.78, 5) is 15.9. The minimum absolute atomic E-state index is 0.0516. The smallest absolute Gasteiger partial charge is 0.227 e. The van der Waals surface area contributed by atoms with Gasteiger partial charge in [-0.2, -0.15) is 0 Å². The highest BCUT2D eigenvalue weighted by atomic mass is 16.5. The van der Waals surface area contributed by atoms with Crippen LogP contribution < -0.4 is 15.8 Å². The van der Waals surface area contributed by atoms with Crippen molar-refractivity contribution in [2.45, 2.75) is 19.4 Å². The molecule has 1 aliphatic rings. The van der Waals surface area contributed by atoms with Gasteiger partial charge in [-0.25, -0.2) is 4.98 Å². The van der Waals surface area contributed by atoms with Crippen LogP contribution in [0.4, 0.5) is 0 Å². The van der Waals surface area contributed by atoms with E-state index in [1.165, 1.54) is 0 Å². The van der Waals surface area contributed by atoms with E-state index < -0.39 is 0 Å². The predicted molar refractivity (Wildman–Crippen MR) is 63.4 cm³/mol. The molecule has 0 saturated heterocycles. The summed E-state index contributed by atoms with van der Waals surface area (Å²) in [5, 5.41) is 2.90. The van der Waals surface area contributed by atoms with E-state index in [1.54, 1.807) is 13.3 Å². The first-order valence-corrected chi connectivity index (χ1v) is 5.67. The normalized spacial score (nSPS) is 16.4. The van der Waals surface area contributed by atoms with Crippen LogP contribution in [0.3, 0.4) is 0 Å². The zero-order valence-corrected chi connectivity index (χ0v) is 9.90. The summed E-state index contributed by atoms with van der Waals surface area (Å²) in [6, 6.07) is 3.66. The number of nitrogens with zero attached hydrogens (tertiary/aromatic N) is 1. The fraction of sp³-hybridized carbons (Fsp3) is 0.500. The Morgan fingerprint density at radius 3 is 3.00 bits per heavy atom. The Bertz CT molecular complexity index is 416. The summed E-state index contributed by atoms with van der Waals surface area (Å²) in [5.74, 6) is 0.604. The van der Waals surface area contributed by atoms with Gasteiger partial charge in [-0.15, -0.1) is 0 Å². The molecule has 92 valence electrons. The quantitative estimate of drug-likeness (QED) is 0.776. The van der Waals surface area contributed by atoms with Crippen molar-refractivity contribution < 1.29 is 9.53 Å². The molecule has 1 fully saturated rings. The minimum atomic E-state index is -0.295. The fourth-order valence-corrected chi connectivity index (χ4v) is 1.72. The largest absolute Gasteiger partial charge is 0.481 e. The lowest BCUT2D eigenvalue weighted by molar-refractivity contribution is -0.126. The molecule has 17 heavy (non-hydrogen) atoms. The first-order chi connectivity index (χ1) is 8.20. The van der Waals surface area contributed by atoms with Crippen molar-refractivity contribution in [3.05, 3.63) is 23.9 Å². The number of nitrogens with two attached hydrogens (primary N) is 1. The van der Waals surface area contributed by atoms with Gasteiger partial charge in [0.2, 0.25) is 11.8 Å². The van der Waals surface area contributed by atoms with Crippen LogP contribution in [0.2, 0.25) is 0 Å². The van der Waals surface area contributed by atoms with Gasteiger partial charge in [0.1, 0.15) is 0 Å². The molecule has 0 bridgehead atoms. The third kappa shape index (κ3) is 2.55. The second-order valence-corrected chi connectivity index (χ2v) is 4.37. The van der Waals surface area contributed by atoms with Crippen LogP contribution in [0.1, 0.15) is 18.4 Å². The number of rotatable bonds is 5. The first-order valence-electron chi connectivity index (χ1n) is 5.67. The van der Waals surface area contributed by atoms with Crippen LogP contribution in [0, 0.1) is 5.41 Å². The van der Waals surface area contributed by atoms with Crippen LogP contribution in [0.15, 0.2) is 18.3 Å². The van der Waals surface area contributed by atoms with Crippen LogP contribution in [-0.4, -0.2) is 24.5 Å². The van der Waals surface area contributed by atoms with E-state index in [0.717, 1.165) is 18.4 Å². The highest BCUT2D eigenvalue weighted by molar-refractivity contribution is 5.85. The van der Waals surface area contributed by atoms with Crippen LogP contribution in [0.25, 0.3) is 0 Å². The number of carbonyl (C=O) groups excluding carboxylic acids is 1. The van der Waals surface area contributed by atoms with E-state index in [4.69, 9.17) is 10.5 Å². The third-order valence-corrected chi connectivity index (χ3v) is 3.19. The summed E-state index contributed by atoms with van der Waals surface area (Å²) in [7, 11) is 1.57. The maximum atomic E-state index is 11.8. The number of ether oxygens (including phenoxy) is 1. The zero-order chi connectivity index (χ0) is 12.3. The van der Waals surface area contributed by atoms with E-state index in [-0.39, 0.29) is 11.3 Å². The van der Waals surface area contributed by atoms with E-state index in [2.05, 4.69) is 10.3 Å². The standard InChI is InChI=1S/C12H17N3O2/c1-17-10-6-9(2-5-14-10)7-15-11(16)12(8-13)3-4-12/h2,5-6H,3-4,7-8,13H2,1H3,(H,15,16). The van der Waals surface area contributed by atoms with Gasteiger partial charge in [-0.05, 0) is 24.5 Å². The Morgan fingerprint density at radius 1 is 1.65 bits per heavy atom. The van der Waals surface area contributed by atoms with Crippen molar-refractivity contribution >= 4 is 5.91 Å². The van der Waals surface area contributed by atoms with Crippen molar-refractivity contribution in [2.75, 3.05) is 13.7 Å². The molecule has 0 spiro atoms. The van der Waals surface area contributed by atoms with Gasteiger partial charge in [0.25, 0.3) is 0 Å². The maximum absolute atomic E-state index is 11.8. The van der Waals surface area contributed by atoms with Gasteiger partial charge >= 0.3 is 0 Å². The molecule has 2 rings (SSSR count). The summed E-state index contributed by atoms with van der Waals surface area (Å²) >= 11 is 0. The highest BCUT2D eigenvalue weighted by Gasteiger charge is 2.48. The lowest BCUT2D eigenvalue weighted by Gasteiger charge is -2.12. The average molecular weight is 235 g/mol. The molecule has 3 N–H and O–H groups in total. The number of hydrogen-bond acceptors (Lipinski definition) is 4. The highest BCUT2D eigenvalue weighted by Crippen LogP contribution is 2.44. The topological polar surface area (TPSA) is 77.2 Å². The molecule has 1 saturated carbocycles. The fourth-order valence-electron chi connectivity index (χ4n) is 1.72. The number of carbonyl (C=O) groups is 1. The lowest BCUT2D eigenvalue weighted by Crippen LogP contribution is -2.36. The van der Waals surface area contributed by atoms with Crippen molar-refractivity contribution in [2.24, 2.45) is 11.1 Å². The second kappa shape index (κ2) is 4.71. The number of hydrogen-bond donors (Lipinski definition) is 2. The van der Waals surface area contributed by atoms with Crippen molar-refractivity contribution in [1.29, 1.82) is 0 Å². The van der Waals surface area contributed by atoms with E-state index in [0.29, 0.717) is 19.0 Å². The Morgan fingerprint density at radius 2 is 2.41 bits per heavy atom. The van der Waals surface area contributed by atoms with Crippen molar-refractivity contribution in [3.63, 3.8) is 0 Å². The molecule has 1 heterocycles. The first kappa shape index (κ1) is 11.9. The molecule has 5 heteroatoms. The summed E-state index contributed by atoms with van der Waals surface area (Å²) in [5.41, 5.74) is 6.27. The molecule has 1 aliphatic carbocycles. The van der Waals surface area contributed by atoms with Gasteiger partial charge < -0.3 is 15.8 Å². The van der Waals surface area contributed by atoms with Gasteiger partial charge in [0, 0.05) is 25.4 Å². The second-order valence-electron chi connectivity index (χ2n) is 4.37. The summed E-state index contributed by atoms with van der Waals surface area (Å²) in [6.45, 7) is 0.915. The molecule has 1 aromatic rings. The average Bonchev–Trinajstić information content (AvgIpc) is 3.17. The Kier molecular flexibility index (Phi) is 3.28. The molecule has 0 aromatic carbocycles. The molecule has 1 amide bonds. The minimum Gasteiger partial charge on any atom is -0.481 e. The Balaban J connectivity index is 1.91.